The molecule has 1 aliphatic rings. The number of nitrogen functional groups attached to an aromatic ring is 1. The normalized spacial score (nSPS) is 17.8. The van der Waals surface area contributed by atoms with E-state index < -0.39 is 6.10 Å². The van der Waals surface area contributed by atoms with Gasteiger partial charge in [0.05, 0.1) is 12.7 Å². The Morgan fingerprint density at radius 2 is 2.38 bits per heavy atom. The standard InChI is InChI=1S/C13H21N5O3/c1-2-3-6-21-13-16-11(14)10(15-8-19)12(17-13)18-5-4-9(20)7-18/h8-9,20H,2-7H2,1H3,(H,15,19)(H2,14,16,17). The van der Waals surface area contributed by atoms with Gasteiger partial charge in [-0.1, -0.05) is 13.3 Å². The van der Waals surface area contributed by atoms with Gasteiger partial charge in [0.1, 0.15) is 5.69 Å². The second-order valence-corrected chi connectivity index (χ2v) is 4.94. The van der Waals surface area contributed by atoms with E-state index in [9.17, 15) is 9.90 Å². The first kappa shape index (κ1) is 15.3. The van der Waals surface area contributed by atoms with Crippen molar-refractivity contribution in [1.29, 1.82) is 0 Å². The molecule has 1 fully saturated rings. The van der Waals surface area contributed by atoms with Crippen LogP contribution in [-0.2, 0) is 4.79 Å². The number of amides is 1. The van der Waals surface area contributed by atoms with Gasteiger partial charge in [-0.2, -0.15) is 9.97 Å². The average molecular weight is 295 g/mol. The molecule has 1 aromatic rings. The molecule has 1 saturated heterocycles. The Labute approximate surface area is 123 Å². The maximum atomic E-state index is 10.7. The average Bonchev–Trinajstić information content (AvgIpc) is 2.88. The minimum absolute atomic E-state index is 0.153. The molecule has 116 valence electrons. The van der Waals surface area contributed by atoms with Crippen LogP contribution in [0.4, 0.5) is 17.3 Å². The van der Waals surface area contributed by atoms with Crippen LogP contribution in [0.1, 0.15) is 26.2 Å². The summed E-state index contributed by atoms with van der Waals surface area (Å²) >= 11 is 0. The number of β-amino-alcohol motifs (C(OH)–C–C–N with tert-alkyl or cyclic N) is 1. The van der Waals surface area contributed by atoms with Gasteiger partial charge in [-0.05, 0) is 12.8 Å². The minimum atomic E-state index is -0.408. The number of hydrogen-bond acceptors (Lipinski definition) is 7. The van der Waals surface area contributed by atoms with E-state index in [1.165, 1.54) is 0 Å². The number of ether oxygens (including phenoxy) is 1. The van der Waals surface area contributed by atoms with Crippen LogP contribution in [-0.4, -0.2) is 47.3 Å². The van der Waals surface area contributed by atoms with Gasteiger partial charge in [-0.3, -0.25) is 4.79 Å². The van der Waals surface area contributed by atoms with Gasteiger partial charge in [0.2, 0.25) is 6.41 Å². The molecule has 1 atom stereocenters. The molecular formula is C13H21N5O3. The maximum absolute atomic E-state index is 10.7. The van der Waals surface area contributed by atoms with Crippen LogP contribution >= 0.6 is 0 Å². The van der Waals surface area contributed by atoms with E-state index in [0.717, 1.165) is 12.8 Å². The predicted molar refractivity (Wildman–Crippen MR) is 79.4 cm³/mol. The molecule has 8 nitrogen and oxygen atoms in total. The van der Waals surface area contributed by atoms with E-state index in [-0.39, 0.29) is 11.8 Å². The molecule has 2 rings (SSSR count). The first-order valence-electron chi connectivity index (χ1n) is 7.09. The van der Waals surface area contributed by atoms with Gasteiger partial charge < -0.3 is 25.8 Å². The number of nitrogens with one attached hydrogen (secondary N) is 1. The minimum Gasteiger partial charge on any atom is -0.463 e. The highest BCUT2D eigenvalue weighted by Gasteiger charge is 2.26. The summed E-state index contributed by atoms with van der Waals surface area (Å²) in [5.74, 6) is 0.637. The monoisotopic (exact) mass is 295 g/mol. The van der Waals surface area contributed by atoms with Gasteiger partial charge in [0.15, 0.2) is 11.6 Å². The summed E-state index contributed by atoms with van der Waals surface area (Å²) in [4.78, 5) is 21.0. The van der Waals surface area contributed by atoms with Gasteiger partial charge in [0.25, 0.3) is 0 Å². The second kappa shape index (κ2) is 7.07. The van der Waals surface area contributed by atoms with Gasteiger partial charge in [-0.25, -0.2) is 0 Å². The third kappa shape index (κ3) is 3.72. The highest BCUT2D eigenvalue weighted by molar-refractivity contribution is 5.86. The van der Waals surface area contributed by atoms with E-state index >= 15 is 0 Å². The van der Waals surface area contributed by atoms with Crippen LogP contribution in [0.25, 0.3) is 0 Å². The highest BCUT2D eigenvalue weighted by atomic mass is 16.5. The number of anilines is 3. The Kier molecular flexibility index (Phi) is 5.15. The summed E-state index contributed by atoms with van der Waals surface area (Å²) in [7, 11) is 0. The van der Waals surface area contributed by atoms with Crippen molar-refractivity contribution in [2.24, 2.45) is 0 Å². The number of carbonyl (C=O) groups is 1. The topological polar surface area (TPSA) is 114 Å². The number of rotatable bonds is 7. The lowest BCUT2D eigenvalue weighted by atomic mass is 10.3. The van der Waals surface area contributed by atoms with Crippen LogP contribution in [0.5, 0.6) is 6.01 Å². The van der Waals surface area contributed by atoms with Crippen molar-refractivity contribution in [3.8, 4) is 6.01 Å². The molecular weight excluding hydrogens is 274 g/mol. The van der Waals surface area contributed by atoms with Crippen molar-refractivity contribution in [1.82, 2.24) is 9.97 Å². The van der Waals surface area contributed by atoms with Crippen LogP contribution < -0.4 is 20.7 Å². The van der Waals surface area contributed by atoms with E-state index in [0.29, 0.717) is 44.0 Å². The van der Waals surface area contributed by atoms with Gasteiger partial charge >= 0.3 is 6.01 Å². The molecule has 0 saturated carbocycles. The number of aromatic nitrogens is 2. The quantitative estimate of drug-likeness (QED) is 0.492. The molecule has 0 aromatic carbocycles. The molecule has 21 heavy (non-hydrogen) atoms. The predicted octanol–water partition coefficient (Wildman–Crippen LogP) is 0.377. The van der Waals surface area contributed by atoms with Gasteiger partial charge in [-0.15, -0.1) is 0 Å². The molecule has 4 N–H and O–H groups in total. The van der Waals surface area contributed by atoms with Crippen molar-refractivity contribution >= 4 is 23.7 Å². The lowest BCUT2D eigenvalue weighted by molar-refractivity contribution is -0.105. The summed E-state index contributed by atoms with van der Waals surface area (Å²) in [5, 5.41) is 12.2. The summed E-state index contributed by atoms with van der Waals surface area (Å²) < 4.78 is 5.48. The lowest BCUT2D eigenvalue weighted by Crippen LogP contribution is -2.24. The van der Waals surface area contributed by atoms with Crippen molar-refractivity contribution < 1.29 is 14.6 Å². The maximum Gasteiger partial charge on any atom is 0.320 e. The Balaban J connectivity index is 2.26. The molecule has 8 heteroatoms. The second-order valence-electron chi connectivity index (χ2n) is 4.94. The molecule has 2 heterocycles. The van der Waals surface area contributed by atoms with E-state index in [1.807, 2.05) is 4.90 Å². The van der Waals surface area contributed by atoms with Crippen LogP contribution in [0.15, 0.2) is 0 Å². The van der Waals surface area contributed by atoms with Crippen LogP contribution in [0, 0.1) is 0 Å². The largest absolute Gasteiger partial charge is 0.463 e. The van der Waals surface area contributed by atoms with E-state index in [1.54, 1.807) is 0 Å². The number of unbranched alkanes of at least 4 members (excludes halogenated alkanes) is 1. The zero-order valence-corrected chi connectivity index (χ0v) is 12.1. The number of aliphatic hydroxyl groups excluding tert-OH is 1. The molecule has 1 unspecified atom stereocenters. The zero-order valence-electron chi connectivity index (χ0n) is 12.1. The van der Waals surface area contributed by atoms with Crippen molar-refractivity contribution in [3.05, 3.63) is 0 Å². The Bertz CT molecular complexity index is 497. The van der Waals surface area contributed by atoms with Crippen LogP contribution in [0.3, 0.4) is 0 Å². The molecule has 0 aliphatic carbocycles. The molecule has 1 amide bonds. The van der Waals surface area contributed by atoms with Gasteiger partial charge in [0, 0.05) is 13.1 Å². The number of hydrogen-bond donors (Lipinski definition) is 3. The fourth-order valence-electron chi connectivity index (χ4n) is 2.18. The molecule has 0 radical (unpaired) electrons. The number of nitrogens with two attached hydrogens (primary N) is 1. The number of aliphatic hydroxyl groups is 1. The summed E-state index contributed by atoms with van der Waals surface area (Å²) in [6, 6.07) is 0.189. The molecule has 1 aromatic heterocycles. The van der Waals surface area contributed by atoms with Crippen molar-refractivity contribution in [3.63, 3.8) is 0 Å². The Hall–Kier alpha value is -2.09. The Morgan fingerprint density at radius 1 is 1.57 bits per heavy atom. The third-order valence-corrected chi connectivity index (χ3v) is 3.29. The molecule has 0 spiro atoms. The SMILES string of the molecule is CCCCOc1nc(N)c(NC=O)c(N2CCC(O)C2)n1. The summed E-state index contributed by atoms with van der Waals surface area (Å²) in [5.41, 5.74) is 6.22. The number of carbonyl (C=O) groups excluding carboxylic acids is 1. The summed E-state index contributed by atoms with van der Waals surface area (Å²) in [6.45, 7) is 3.66. The third-order valence-electron chi connectivity index (χ3n) is 3.29. The lowest BCUT2D eigenvalue weighted by Gasteiger charge is -2.21. The summed E-state index contributed by atoms with van der Waals surface area (Å²) in [6.07, 6.45) is 2.68. The first-order valence-corrected chi connectivity index (χ1v) is 7.09. The van der Waals surface area contributed by atoms with Crippen LogP contribution in [0.2, 0.25) is 0 Å². The first-order chi connectivity index (χ1) is 10.2. The van der Waals surface area contributed by atoms with Crippen molar-refractivity contribution in [2.45, 2.75) is 32.3 Å². The molecule has 0 bridgehead atoms. The van der Waals surface area contributed by atoms with Crippen molar-refractivity contribution in [2.75, 3.05) is 35.6 Å². The Morgan fingerprint density at radius 3 is 3.00 bits per heavy atom. The highest BCUT2D eigenvalue weighted by Crippen LogP contribution is 2.32. The molecule has 1 aliphatic heterocycles. The van der Waals surface area contributed by atoms with E-state index in [4.69, 9.17) is 10.5 Å². The fraction of sp³-hybridized carbons (Fsp3) is 0.615. The smallest absolute Gasteiger partial charge is 0.320 e. The number of nitrogens with zero attached hydrogens (tertiary/aromatic N) is 3. The fourth-order valence-corrected chi connectivity index (χ4v) is 2.18. The van der Waals surface area contributed by atoms with E-state index in [2.05, 4.69) is 22.2 Å². The zero-order chi connectivity index (χ0) is 15.2.